The first-order chi connectivity index (χ1) is 13.4. The molecule has 0 bridgehead atoms. The van der Waals surface area contributed by atoms with Gasteiger partial charge < -0.3 is 9.73 Å². The molecule has 4 nitrogen and oxygen atoms in total. The van der Waals surface area contributed by atoms with Crippen molar-refractivity contribution in [3.05, 3.63) is 81.9 Å². The van der Waals surface area contributed by atoms with Gasteiger partial charge in [-0.1, -0.05) is 23.7 Å². The molecule has 0 fully saturated rings. The molecule has 1 aromatic heterocycles. The maximum Gasteiger partial charge on any atom is 0.255 e. The van der Waals surface area contributed by atoms with Crippen LogP contribution in [-0.2, 0) is 0 Å². The second-order valence-electron chi connectivity index (χ2n) is 6.86. The van der Waals surface area contributed by atoms with Gasteiger partial charge in [0.2, 0.25) is 5.89 Å². The van der Waals surface area contributed by atoms with E-state index in [-0.39, 0.29) is 5.91 Å². The van der Waals surface area contributed by atoms with Crippen LogP contribution >= 0.6 is 11.6 Å². The van der Waals surface area contributed by atoms with Gasteiger partial charge >= 0.3 is 0 Å². The van der Waals surface area contributed by atoms with Crippen LogP contribution in [0.5, 0.6) is 0 Å². The number of hydrogen-bond acceptors (Lipinski definition) is 3. The first-order valence-corrected chi connectivity index (χ1v) is 9.35. The predicted molar refractivity (Wildman–Crippen MR) is 113 cm³/mol. The Morgan fingerprint density at radius 3 is 2.61 bits per heavy atom. The number of hydrogen-bond donors (Lipinski definition) is 1. The summed E-state index contributed by atoms with van der Waals surface area (Å²) in [7, 11) is 0. The number of nitrogens with zero attached hydrogens (tertiary/aromatic N) is 1. The highest BCUT2D eigenvalue weighted by molar-refractivity contribution is 6.31. The number of fused-ring (bicyclic) bond motifs is 1. The van der Waals surface area contributed by atoms with Crippen LogP contribution in [-0.4, -0.2) is 10.9 Å². The summed E-state index contributed by atoms with van der Waals surface area (Å²) >= 11 is 6.04. The molecule has 0 saturated heterocycles. The fraction of sp³-hybridized carbons (Fsp3) is 0.130. The normalized spacial score (nSPS) is 11.0. The Balaban J connectivity index is 1.67. The first kappa shape index (κ1) is 18.3. The molecule has 1 N–H and O–H groups in total. The topological polar surface area (TPSA) is 55.1 Å². The number of rotatable bonds is 3. The summed E-state index contributed by atoms with van der Waals surface area (Å²) in [6, 6.07) is 16.7. The minimum Gasteiger partial charge on any atom is -0.436 e. The van der Waals surface area contributed by atoms with Gasteiger partial charge in [0.15, 0.2) is 5.58 Å². The number of carbonyl (C=O) groups is 1. The smallest absolute Gasteiger partial charge is 0.255 e. The molecule has 1 amide bonds. The van der Waals surface area contributed by atoms with Crippen LogP contribution in [0.1, 0.15) is 27.0 Å². The highest BCUT2D eigenvalue weighted by atomic mass is 35.5. The van der Waals surface area contributed by atoms with Gasteiger partial charge in [0.25, 0.3) is 5.91 Å². The van der Waals surface area contributed by atoms with Crippen molar-refractivity contribution in [2.75, 3.05) is 5.32 Å². The summed E-state index contributed by atoms with van der Waals surface area (Å²) in [4.78, 5) is 17.2. The van der Waals surface area contributed by atoms with Gasteiger partial charge in [-0.25, -0.2) is 4.98 Å². The second-order valence-corrected chi connectivity index (χ2v) is 7.30. The molecule has 0 aliphatic carbocycles. The van der Waals surface area contributed by atoms with E-state index in [9.17, 15) is 4.79 Å². The van der Waals surface area contributed by atoms with Crippen molar-refractivity contribution in [2.24, 2.45) is 0 Å². The van der Waals surface area contributed by atoms with E-state index in [0.717, 1.165) is 27.9 Å². The molecule has 0 aliphatic heterocycles. The molecule has 0 saturated carbocycles. The Morgan fingerprint density at radius 2 is 1.82 bits per heavy atom. The Kier molecular flexibility index (Phi) is 4.65. The molecule has 3 aromatic carbocycles. The van der Waals surface area contributed by atoms with Gasteiger partial charge in [0, 0.05) is 21.8 Å². The molecule has 1 heterocycles. The molecule has 0 atom stereocenters. The van der Waals surface area contributed by atoms with Crippen molar-refractivity contribution < 1.29 is 9.21 Å². The minimum atomic E-state index is -0.146. The molecule has 0 aliphatic rings. The molecule has 140 valence electrons. The average molecular weight is 391 g/mol. The monoisotopic (exact) mass is 390 g/mol. The van der Waals surface area contributed by atoms with Gasteiger partial charge in [0.1, 0.15) is 5.52 Å². The van der Waals surface area contributed by atoms with Crippen molar-refractivity contribution >= 4 is 34.3 Å². The number of amides is 1. The number of carbonyl (C=O) groups excluding carboxylic acids is 1. The van der Waals surface area contributed by atoms with Crippen LogP contribution in [0.2, 0.25) is 5.02 Å². The van der Waals surface area contributed by atoms with E-state index in [1.54, 1.807) is 18.2 Å². The summed E-state index contributed by atoms with van der Waals surface area (Å²) in [5, 5.41) is 3.61. The third kappa shape index (κ3) is 3.39. The van der Waals surface area contributed by atoms with E-state index in [1.165, 1.54) is 0 Å². The van der Waals surface area contributed by atoms with Gasteiger partial charge in [-0.3, -0.25) is 4.79 Å². The second kappa shape index (κ2) is 7.13. The standard InChI is InChI=1S/C23H19ClN2O2/c1-13-7-8-16(11-14(13)2)22(27)25-19-6-4-5-18(15(19)3)23-26-20-12-17(24)9-10-21(20)28-23/h4-12H,1-3H3,(H,25,27). The largest absolute Gasteiger partial charge is 0.436 e. The van der Waals surface area contributed by atoms with Crippen molar-refractivity contribution in [1.29, 1.82) is 0 Å². The molecular formula is C23H19ClN2O2. The summed E-state index contributed by atoms with van der Waals surface area (Å²) in [5.74, 6) is 0.352. The Hall–Kier alpha value is -3.11. The van der Waals surface area contributed by atoms with Gasteiger partial charge in [-0.15, -0.1) is 0 Å². The van der Waals surface area contributed by atoms with Crippen LogP contribution in [0.3, 0.4) is 0 Å². The number of oxazole rings is 1. The lowest BCUT2D eigenvalue weighted by Gasteiger charge is -2.11. The highest BCUT2D eigenvalue weighted by Crippen LogP contribution is 2.31. The van der Waals surface area contributed by atoms with Crippen LogP contribution in [0.15, 0.2) is 59.0 Å². The Bertz CT molecular complexity index is 1210. The lowest BCUT2D eigenvalue weighted by atomic mass is 10.0. The van der Waals surface area contributed by atoms with E-state index < -0.39 is 0 Å². The Morgan fingerprint density at radius 1 is 1.00 bits per heavy atom. The maximum absolute atomic E-state index is 12.7. The maximum atomic E-state index is 12.7. The number of aromatic nitrogens is 1. The fourth-order valence-corrected chi connectivity index (χ4v) is 3.26. The van der Waals surface area contributed by atoms with Crippen LogP contribution in [0.25, 0.3) is 22.6 Å². The zero-order valence-corrected chi connectivity index (χ0v) is 16.6. The molecule has 5 heteroatoms. The number of anilines is 1. The van der Waals surface area contributed by atoms with Crippen molar-refractivity contribution in [3.8, 4) is 11.5 Å². The lowest BCUT2D eigenvalue weighted by molar-refractivity contribution is 0.102. The van der Waals surface area contributed by atoms with Crippen molar-refractivity contribution in [2.45, 2.75) is 20.8 Å². The van der Waals surface area contributed by atoms with E-state index in [0.29, 0.717) is 27.6 Å². The third-order valence-electron chi connectivity index (χ3n) is 4.93. The number of aryl methyl sites for hydroxylation is 2. The summed E-state index contributed by atoms with van der Waals surface area (Å²) < 4.78 is 5.88. The number of halogens is 1. The van der Waals surface area contributed by atoms with Crippen molar-refractivity contribution in [1.82, 2.24) is 4.98 Å². The van der Waals surface area contributed by atoms with E-state index in [1.807, 2.05) is 57.2 Å². The van der Waals surface area contributed by atoms with Crippen molar-refractivity contribution in [3.63, 3.8) is 0 Å². The lowest BCUT2D eigenvalue weighted by Crippen LogP contribution is -2.13. The first-order valence-electron chi connectivity index (χ1n) is 8.97. The van der Waals surface area contributed by atoms with E-state index in [2.05, 4.69) is 10.3 Å². The zero-order chi connectivity index (χ0) is 19.8. The van der Waals surface area contributed by atoms with Gasteiger partial charge in [-0.05, 0) is 79.9 Å². The summed E-state index contributed by atoms with van der Waals surface area (Å²) in [6.45, 7) is 5.96. The van der Waals surface area contributed by atoms with Gasteiger partial charge in [-0.2, -0.15) is 0 Å². The third-order valence-corrected chi connectivity index (χ3v) is 5.17. The minimum absolute atomic E-state index is 0.146. The average Bonchev–Trinajstić information content (AvgIpc) is 3.08. The number of nitrogens with one attached hydrogen (secondary N) is 1. The van der Waals surface area contributed by atoms with Crippen LogP contribution < -0.4 is 5.32 Å². The predicted octanol–water partition coefficient (Wildman–Crippen LogP) is 6.33. The fourth-order valence-electron chi connectivity index (χ4n) is 3.10. The van der Waals surface area contributed by atoms with Gasteiger partial charge in [0.05, 0.1) is 0 Å². The molecule has 4 rings (SSSR count). The summed E-state index contributed by atoms with van der Waals surface area (Å²) in [5.41, 5.74) is 6.68. The van der Waals surface area contributed by atoms with E-state index >= 15 is 0 Å². The molecule has 4 aromatic rings. The quantitative estimate of drug-likeness (QED) is 0.445. The zero-order valence-electron chi connectivity index (χ0n) is 15.8. The van der Waals surface area contributed by atoms with E-state index in [4.69, 9.17) is 16.0 Å². The molecule has 0 spiro atoms. The highest BCUT2D eigenvalue weighted by Gasteiger charge is 2.15. The molecule has 0 unspecified atom stereocenters. The van der Waals surface area contributed by atoms with Crippen LogP contribution in [0, 0.1) is 20.8 Å². The van der Waals surface area contributed by atoms with Crippen LogP contribution in [0.4, 0.5) is 5.69 Å². The molecule has 0 radical (unpaired) electrons. The number of benzene rings is 3. The Labute approximate surface area is 168 Å². The molecular weight excluding hydrogens is 372 g/mol. The SMILES string of the molecule is Cc1ccc(C(=O)Nc2cccc(-c3nc4cc(Cl)ccc4o3)c2C)cc1C. The molecule has 28 heavy (non-hydrogen) atoms. The summed E-state index contributed by atoms with van der Waals surface area (Å²) in [6.07, 6.45) is 0.